The van der Waals surface area contributed by atoms with Crippen molar-refractivity contribution in [2.24, 2.45) is 4.99 Å². The van der Waals surface area contributed by atoms with E-state index < -0.39 is 0 Å². The minimum atomic E-state index is 0. The van der Waals surface area contributed by atoms with Gasteiger partial charge in [0.25, 0.3) is 0 Å². The van der Waals surface area contributed by atoms with Crippen LogP contribution in [0.1, 0.15) is 38.2 Å². The average molecular weight is 486 g/mol. The molecule has 0 aromatic heterocycles. The van der Waals surface area contributed by atoms with Gasteiger partial charge < -0.3 is 15.4 Å². The third kappa shape index (κ3) is 7.23. The highest BCUT2D eigenvalue weighted by molar-refractivity contribution is 14.0. The fraction of sp³-hybridized carbons (Fsp3) is 0.667. The molecule has 1 aliphatic heterocycles. The summed E-state index contributed by atoms with van der Waals surface area (Å²) in [7, 11) is 0. The Labute approximate surface area is 181 Å². The van der Waals surface area contributed by atoms with Crippen molar-refractivity contribution in [2.45, 2.75) is 38.0 Å². The molecule has 3 rings (SSSR count). The van der Waals surface area contributed by atoms with Crippen molar-refractivity contribution in [1.82, 2.24) is 15.5 Å². The molecule has 5 nitrogen and oxygen atoms in total. The number of rotatable bonds is 9. The molecule has 27 heavy (non-hydrogen) atoms. The van der Waals surface area contributed by atoms with E-state index in [1.54, 1.807) is 0 Å². The Balaban J connectivity index is 0.00000261. The molecule has 6 heteroatoms. The summed E-state index contributed by atoms with van der Waals surface area (Å²) in [5, 5.41) is 6.89. The highest BCUT2D eigenvalue weighted by Gasteiger charge is 2.43. The molecule has 1 aromatic rings. The number of nitrogens with zero attached hydrogens (tertiary/aromatic N) is 2. The zero-order valence-electron chi connectivity index (χ0n) is 16.6. The molecule has 1 aromatic carbocycles. The number of aliphatic imine (C=N–C) groups is 1. The van der Waals surface area contributed by atoms with Crippen LogP contribution in [0, 0.1) is 0 Å². The van der Waals surface area contributed by atoms with Crippen molar-refractivity contribution in [3.63, 3.8) is 0 Å². The number of guanidine groups is 1. The van der Waals surface area contributed by atoms with Gasteiger partial charge >= 0.3 is 0 Å². The minimum Gasteiger partial charge on any atom is -0.379 e. The molecule has 2 fully saturated rings. The second-order valence-electron chi connectivity index (χ2n) is 7.43. The van der Waals surface area contributed by atoms with Crippen LogP contribution in [0.5, 0.6) is 0 Å². The summed E-state index contributed by atoms with van der Waals surface area (Å²) in [5.74, 6) is 0.959. The molecule has 152 valence electrons. The quantitative estimate of drug-likeness (QED) is 0.244. The third-order valence-electron chi connectivity index (χ3n) is 5.42. The lowest BCUT2D eigenvalue weighted by molar-refractivity contribution is 0.0372. The second-order valence-corrected chi connectivity index (χ2v) is 7.43. The lowest BCUT2D eigenvalue weighted by Gasteiger charge is -2.26. The molecule has 1 aliphatic carbocycles. The lowest BCUT2D eigenvalue weighted by Crippen LogP contribution is -2.39. The van der Waals surface area contributed by atoms with E-state index in [1.807, 2.05) is 0 Å². The maximum absolute atomic E-state index is 5.40. The molecule has 2 N–H and O–H groups in total. The molecule has 1 heterocycles. The molecule has 0 radical (unpaired) electrons. The van der Waals surface area contributed by atoms with Crippen LogP contribution in [0.4, 0.5) is 0 Å². The van der Waals surface area contributed by atoms with Gasteiger partial charge in [-0.2, -0.15) is 0 Å². The van der Waals surface area contributed by atoms with E-state index >= 15 is 0 Å². The molecule has 1 saturated heterocycles. The van der Waals surface area contributed by atoms with Crippen LogP contribution in [0.2, 0.25) is 0 Å². The summed E-state index contributed by atoms with van der Waals surface area (Å²) < 4.78 is 5.40. The van der Waals surface area contributed by atoms with Gasteiger partial charge in [0, 0.05) is 31.6 Å². The fourth-order valence-electron chi connectivity index (χ4n) is 3.54. The summed E-state index contributed by atoms with van der Waals surface area (Å²) in [6.07, 6.45) is 4.89. The van der Waals surface area contributed by atoms with E-state index in [2.05, 4.69) is 52.8 Å². The lowest BCUT2D eigenvalue weighted by atomic mass is 9.96. The summed E-state index contributed by atoms with van der Waals surface area (Å²) >= 11 is 0. The molecule has 1 saturated carbocycles. The number of ether oxygens (including phenoxy) is 1. The van der Waals surface area contributed by atoms with Gasteiger partial charge in [-0.05, 0) is 44.7 Å². The largest absolute Gasteiger partial charge is 0.379 e. The number of halogens is 1. The smallest absolute Gasteiger partial charge is 0.191 e. The summed E-state index contributed by atoms with van der Waals surface area (Å²) in [6, 6.07) is 10.8. The number of benzene rings is 1. The van der Waals surface area contributed by atoms with E-state index in [0.717, 1.165) is 51.9 Å². The van der Waals surface area contributed by atoms with Gasteiger partial charge in [-0.1, -0.05) is 30.3 Å². The molecular weight excluding hydrogens is 451 g/mol. The predicted octanol–water partition coefficient (Wildman–Crippen LogP) is 3.00. The summed E-state index contributed by atoms with van der Waals surface area (Å²) in [4.78, 5) is 7.38. The maximum atomic E-state index is 5.40. The Kier molecular flexibility index (Phi) is 9.86. The Bertz CT molecular complexity index is 557. The average Bonchev–Trinajstić information content (AvgIpc) is 3.48. The Morgan fingerprint density at radius 1 is 1.11 bits per heavy atom. The van der Waals surface area contributed by atoms with Crippen molar-refractivity contribution in [1.29, 1.82) is 0 Å². The van der Waals surface area contributed by atoms with Crippen LogP contribution >= 0.6 is 24.0 Å². The van der Waals surface area contributed by atoms with Crippen LogP contribution in [-0.4, -0.2) is 63.3 Å². The fourth-order valence-corrected chi connectivity index (χ4v) is 3.54. The first kappa shape index (κ1) is 22.4. The first-order valence-electron chi connectivity index (χ1n) is 10.2. The van der Waals surface area contributed by atoms with Crippen molar-refractivity contribution in [3.05, 3.63) is 35.9 Å². The summed E-state index contributed by atoms with van der Waals surface area (Å²) in [5.41, 5.74) is 1.71. The van der Waals surface area contributed by atoms with Crippen molar-refractivity contribution < 1.29 is 4.74 Å². The van der Waals surface area contributed by atoms with Gasteiger partial charge in [-0.3, -0.25) is 9.89 Å². The third-order valence-corrected chi connectivity index (χ3v) is 5.42. The van der Waals surface area contributed by atoms with Gasteiger partial charge in [0.05, 0.1) is 19.8 Å². The topological polar surface area (TPSA) is 48.9 Å². The van der Waals surface area contributed by atoms with Gasteiger partial charge in [0.15, 0.2) is 5.96 Å². The van der Waals surface area contributed by atoms with Crippen LogP contribution < -0.4 is 10.6 Å². The summed E-state index contributed by atoms with van der Waals surface area (Å²) in [6.45, 7) is 10.00. The molecule has 0 atom stereocenters. The Morgan fingerprint density at radius 2 is 1.85 bits per heavy atom. The number of unbranched alkanes of at least 4 members (excludes halogenated alkanes) is 1. The normalized spacial score (nSPS) is 19.2. The zero-order chi connectivity index (χ0) is 18.1. The monoisotopic (exact) mass is 486 g/mol. The molecule has 0 unspecified atom stereocenters. The van der Waals surface area contributed by atoms with Gasteiger partial charge in [0.1, 0.15) is 0 Å². The molecule has 0 spiro atoms. The molecule has 0 bridgehead atoms. The van der Waals surface area contributed by atoms with Crippen LogP contribution in [0.3, 0.4) is 0 Å². The van der Waals surface area contributed by atoms with E-state index in [1.165, 1.54) is 37.8 Å². The first-order valence-corrected chi connectivity index (χ1v) is 10.2. The van der Waals surface area contributed by atoms with Crippen LogP contribution in [0.25, 0.3) is 0 Å². The number of nitrogens with one attached hydrogen (secondary N) is 2. The van der Waals surface area contributed by atoms with Gasteiger partial charge in [-0.15, -0.1) is 24.0 Å². The Morgan fingerprint density at radius 3 is 2.52 bits per heavy atom. The minimum absolute atomic E-state index is 0. The molecular formula is C21H35IN4O. The van der Waals surface area contributed by atoms with E-state index in [9.17, 15) is 0 Å². The number of morpholine rings is 1. The van der Waals surface area contributed by atoms with E-state index in [-0.39, 0.29) is 29.4 Å². The van der Waals surface area contributed by atoms with Gasteiger partial charge in [0.2, 0.25) is 0 Å². The Hall–Kier alpha value is -0.860. The number of hydrogen-bond donors (Lipinski definition) is 2. The second kappa shape index (κ2) is 11.9. The van der Waals surface area contributed by atoms with E-state index in [0.29, 0.717) is 0 Å². The SMILES string of the molecule is CCNC(=NCC1(c2ccccc2)CC1)NCCCCN1CCOCC1.I. The molecule has 0 amide bonds. The first-order chi connectivity index (χ1) is 12.8. The maximum Gasteiger partial charge on any atom is 0.191 e. The highest BCUT2D eigenvalue weighted by atomic mass is 127. The van der Waals surface area contributed by atoms with Gasteiger partial charge in [-0.25, -0.2) is 0 Å². The zero-order valence-corrected chi connectivity index (χ0v) is 18.9. The van der Waals surface area contributed by atoms with E-state index in [4.69, 9.17) is 9.73 Å². The predicted molar refractivity (Wildman–Crippen MR) is 123 cm³/mol. The standard InChI is InChI=1S/C21H34N4O.HI/c1-2-22-20(23-12-6-7-13-25-14-16-26-17-15-25)24-18-21(10-11-21)19-8-4-3-5-9-19;/h3-5,8-9H,2,6-7,10-18H2,1H3,(H2,22,23,24);1H. The van der Waals surface area contributed by atoms with Crippen molar-refractivity contribution in [2.75, 3.05) is 52.5 Å². The molecule has 2 aliphatic rings. The van der Waals surface area contributed by atoms with Crippen molar-refractivity contribution in [3.8, 4) is 0 Å². The van der Waals surface area contributed by atoms with Crippen LogP contribution in [0.15, 0.2) is 35.3 Å². The highest BCUT2D eigenvalue weighted by Crippen LogP contribution is 2.48. The number of hydrogen-bond acceptors (Lipinski definition) is 3. The van der Waals surface area contributed by atoms with Crippen molar-refractivity contribution >= 4 is 29.9 Å². The van der Waals surface area contributed by atoms with Crippen LogP contribution in [-0.2, 0) is 10.2 Å².